The fourth-order valence-electron chi connectivity index (χ4n) is 7.70. The number of aromatic nitrogens is 3. The van der Waals surface area contributed by atoms with Gasteiger partial charge < -0.3 is 14.2 Å². The van der Waals surface area contributed by atoms with Crippen molar-refractivity contribution in [1.29, 1.82) is 0 Å². The standard InChI is InChI=1S/C54H54N3O9P3/c58-49(31-40-67(43-19-7-1-8-20-43)44-21-9-2-10-22-44)64-37-34-55-52(61)56(35-38-65-50(59)32-41-68(45-23-11-3-12-24-45)46-25-13-4-14-26-46)54(63)57(53(55)62)36-39-66-51(60)33-42-69(47-27-15-5-16-28-47)48-29-17-6-18-30-48/h1-30H,31-42H2. The molecule has 0 aliphatic heterocycles. The van der Waals surface area contributed by atoms with Crippen LogP contribution in [0.2, 0.25) is 0 Å². The van der Waals surface area contributed by atoms with E-state index in [9.17, 15) is 28.8 Å². The van der Waals surface area contributed by atoms with E-state index in [0.29, 0.717) is 18.5 Å². The molecular weight excluding hydrogens is 928 g/mol. The van der Waals surface area contributed by atoms with Gasteiger partial charge in [0.25, 0.3) is 0 Å². The summed E-state index contributed by atoms with van der Waals surface area (Å²) in [7, 11) is -2.58. The summed E-state index contributed by atoms with van der Waals surface area (Å²) < 4.78 is 19.2. The predicted molar refractivity (Wildman–Crippen MR) is 278 cm³/mol. The summed E-state index contributed by atoms with van der Waals surface area (Å²) >= 11 is 0. The molecule has 0 N–H and O–H groups in total. The Morgan fingerprint density at radius 3 is 0.696 bits per heavy atom. The van der Waals surface area contributed by atoms with Crippen LogP contribution in [-0.4, -0.2) is 69.9 Å². The second-order valence-electron chi connectivity index (χ2n) is 15.7. The van der Waals surface area contributed by atoms with Crippen LogP contribution in [0.3, 0.4) is 0 Å². The molecule has 0 radical (unpaired) electrons. The smallest absolute Gasteiger partial charge is 0.336 e. The van der Waals surface area contributed by atoms with Crippen LogP contribution >= 0.6 is 23.8 Å². The normalized spacial score (nSPS) is 11.2. The van der Waals surface area contributed by atoms with Gasteiger partial charge in [-0.2, -0.15) is 0 Å². The zero-order valence-electron chi connectivity index (χ0n) is 38.2. The van der Waals surface area contributed by atoms with Gasteiger partial charge in [-0.3, -0.25) is 14.4 Å². The number of ether oxygens (including phenoxy) is 3. The number of carbonyl (C=O) groups is 3. The summed E-state index contributed by atoms with van der Waals surface area (Å²) in [5, 5.41) is 6.70. The minimum atomic E-state index is -0.950. The maximum absolute atomic E-state index is 13.9. The summed E-state index contributed by atoms with van der Waals surface area (Å²) in [6.07, 6.45) is 1.87. The lowest BCUT2D eigenvalue weighted by Crippen LogP contribution is -2.55. The topological polar surface area (TPSA) is 145 Å². The summed E-state index contributed by atoms with van der Waals surface area (Å²) in [4.78, 5) is 81.1. The van der Waals surface area contributed by atoms with E-state index in [1.54, 1.807) is 0 Å². The predicted octanol–water partition coefficient (Wildman–Crippen LogP) is 5.37. The van der Waals surface area contributed by atoms with Gasteiger partial charge in [-0.05, 0) is 74.1 Å². The molecule has 1 aromatic heterocycles. The van der Waals surface area contributed by atoms with E-state index in [1.807, 2.05) is 182 Å². The Labute approximate surface area is 404 Å². The second kappa shape index (κ2) is 26.3. The monoisotopic (exact) mass is 981 g/mol. The van der Waals surface area contributed by atoms with Crippen molar-refractivity contribution < 1.29 is 28.6 Å². The van der Waals surface area contributed by atoms with E-state index in [0.717, 1.165) is 45.5 Å². The van der Waals surface area contributed by atoms with Gasteiger partial charge >= 0.3 is 35.0 Å². The molecule has 0 fully saturated rings. The Morgan fingerprint density at radius 2 is 0.507 bits per heavy atom. The third-order valence-corrected chi connectivity index (χ3v) is 18.7. The molecule has 354 valence electrons. The number of hydrogen-bond acceptors (Lipinski definition) is 9. The van der Waals surface area contributed by atoms with Crippen molar-refractivity contribution in [2.75, 3.05) is 38.3 Å². The molecule has 0 aliphatic rings. The van der Waals surface area contributed by atoms with Gasteiger partial charge in [0.1, 0.15) is 19.8 Å². The van der Waals surface area contributed by atoms with Crippen LogP contribution in [-0.2, 0) is 48.2 Å². The minimum Gasteiger partial charge on any atom is -0.464 e. The Balaban J connectivity index is 1.01. The highest BCUT2D eigenvalue weighted by atomic mass is 31.1. The van der Waals surface area contributed by atoms with Crippen LogP contribution in [0.4, 0.5) is 0 Å². The zero-order chi connectivity index (χ0) is 48.2. The summed E-state index contributed by atoms with van der Waals surface area (Å²) in [6, 6.07) is 59.8. The minimum absolute atomic E-state index is 0.0993. The SMILES string of the molecule is O=C(CCP(c1ccccc1)c1ccccc1)OCCn1c(=O)n(CCOC(=O)CCP(c2ccccc2)c2ccccc2)c(=O)n(CCOC(=O)CCP(c2ccccc2)c2ccccc2)c1=O. The van der Waals surface area contributed by atoms with Crippen molar-refractivity contribution in [1.82, 2.24) is 13.7 Å². The highest BCUT2D eigenvalue weighted by molar-refractivity contribution is 7.73. The molecule has 0 bridgehead atoms. The molecule has 0 unspecified atom stereocenters. The summed E-state index contributed by atoms with van der Waals surface area (Å²) in [6.45, 7) is -1.99. The van der Waals surface area contributed by atoms with Gasteiger partial charge in [-0.1, -0.05) is 182 Å². The van der Waals surface area contributed by atoms with Gasteiger partial charge in [0.15, 0.2) is 0 Å². The second-order valence-corrected chi connectivity index (χ2v) is 22.7. The number of carbonyl (C=O) groups excluding carboxylic acids is 3. The van der Waals surface area contributed by atoms with Crippen molar-refractivity contribution in [3.8, 4) is 0 Å². The van der Waals surface area contributed by atoms with Crippen LogP contribution < -0.4 is 48.9 Å². The molecular formula is C54H54N3O9P3. The Bertz CT molecular complexity index is 2440. The third-order valence-electron chi connectivity index (χ3n) is 11.1. The lowest BCUT2D eigenvalue weighted by Gasteiger charge is -2.19. The van der Waals surface area contributed by atoms with Crippen molar-refractivity contribution in [2.24, 2.45) is 0 Å². The average Bonchev–Trinajstić information content (AvgIpc) is 3.39. The van der Waals surface area contributed by atoms with E-state index < -0.39 is 58.7 Å². The van der Waals surface area contributed by atoms with Crippen LogP contribution in [0.15, 0.2) is 196 Å². The molecule has 15 heteroatoms. The quantitative estimate of drug-likeness (QED) is 0.0444. The lowest BCUT2D eigenvalue weighted by molar-refractivity contribution is -0.144. The number of benzene rings is 6. The molecule has 0 atom stereocenters. The van der Waals surface area contributed by atoms with E-state index in [4.69, 9.17) is 14.2 Å². The Hall–Kier alpha value is -6.57. The number of esters is 3. The van der Waals surface area contributed by atoms with Crippen molar-refractivity contribution in [3.05, 3.63) is 213 Å². The molecule has 0 aliphatic carbocycles. The first-order valence-corrected chi connectivity index (χ1v) is 27.4. The van der Waals surface area contributed by atoms with E-state index in [1.165, 1.54) is 0 Å². The molecule has 7 aromatic rings. The van der Waals surface area contributed by atoms with E-state index in [-0.39, 0.29) is 58.7 Å². The van der Waals surface area contributed by atoms with Crippen molar-refractivity contribution >= 4 is 73.5 Å². The Morgan fingerprint density at radius 1 is 0.319 bits per heavy atom. The molecule has 0 saturated carbocycles. The highest BCUT2D eigenvalue weighted by Crippen LogP contribution is 2.36. The first kappa shape index (κ1) is 50.3. The van der Waals surface area contributed by atoms with Gasteiger partial charge in [0.2, 0.25) is 0 Å². The maximum atomic E-state index is 13.9. The maximum Gasteiger partial charge on any atom is 0.336 e. The lowest BCUT2D eigenvalue weighted by atomic mass is 10.4. The van der Waals surface area contributed by atoms with Crippen LogP contribution in [0.5, 0.6) is 0 Å². The number of nitrogens with zero attached hydrogens (tertiary/aromatic N) is 3. The fraction of sp³-hybridized carbons (Fsp3) is 0.222. The fourth-order valence-corrected chi connectivity index (χ4v) is 14.6. The van der Waals surface area contributed by atoms with Crippen molar-refractivity contribution in [2.45, 2.75) is 38.9 Å². The van der Waals surface area contributed by atoms with Gasteiger partial charge in [-0.25, -0.2) is 28.1 Å². The molecule has 1 heterocycles. The van der Waals surface area contributed by atoms with E-state index in [2.05, 4.69) is 0 Å². The zero-order valence-corrected chi connectivity index (χ0v) is 40.8. The first-order valence-electron chi connectivity index (χ1n) is 22.8. The molecule has 7 rings (SSSR count). The average molecular weight is 982 g/mol. The van der Waals surface area contributed by atoms with Gasteiger partial charge in [-0.15, -0.1) is 0 Å². The number of hydrogen-bond donors (Lipinski definition) is 0. The third kappa shape index (κ3) is 14.5. The van der Waals surface area contributed by atoms with E-state index >= 15 is 0 Å². The van der Waals surface area contributed by atoms with Crippen LogP contribution in [0.1, 0.15) is 19.3 Å². The van der Waals surface area contributed by atoms with Crippen LogP contribution in [0, 0.1) is 0 Å². The number of rotatable bonds is 24. The molecule has 0 amide bonds. The van der Waals surface area contributed by atoms with Crippen LogP contribution in [0.25, 0.3) is 0 Å². The molecule has 69 heavy (non-hydrogen) atoms. The molecule has 12 nitrogen and oxygen atoms in total. The molecule has 6 aromatic carbocycles. The largest absolute Gasteiger partial charge is 0.464 e. The van der Waals surface area contributed by atoms with Crippen molar-refractivity contribution in [3.63, 3.8) is 0 Å². The summed E-state index contributed by atoms with van der Waals surface area (Å²) in [5.74, 6) is -1.50. The molecule has 0 saturated heterocycles. The highest BCUT2D eigenvalue weighted by Gasteiger charge is 2.21. The Kier molecular flexibility index (Phi) is 19.1. The first-order chi connectivity index (χ1) is 33.8. The van der Waals surface area contributed by atoms with Gasteiger partial charge in [0.05, 0.1) is 38.9 Å². The summed E-state index contributed by atoms with van der Waals surface area (Å²) in [5.41, 5.74) is -2.85. The molecule has 0 spiro atoms. The van der Waals surface area contributed by atoms with Gasteiger partial charge in [0, 0.05) is 0 Å².